The van der Waals surface area contributed by atoms with Crippen molar-refractivity contribution in [3.8, 4) is 0 Å². The summed E-state index contributed by atoms with van der Waals surface area (Å²) in [5, 5.41) is 2.70. The summed E-state index contributed by atoms with van der Waals surface area (Å²) in [5.74, 6) is -0.473. The van der Waals surface area contributed by atoms with E-state index >= 15 is 0 Å². The number of amides is 1. The largest absolute Gasteiger partial charge is 0.349 e. The van der Waals surface area contributed by atoms with Gasteiger partial charge in [0.1, 0.15) is 4.90 Å². The second-order valence-corrected chi connectivity index (χ2v) is 8.30. The van der Waals surface area contributed by atoms with Gasteiger partial charge in [-0.2, -0.15) is 0 Å². The van der Waals surface area contributed by atoms with Crippen LogP contribution in [0.2, 0.25) is 10.0 Å². The van der Waals surface area contributed by atoms with Gasteiger partial charge in [-0.3, -0.25) is 4.79 Å². The average molecular weight is 371 g/mol. The number of carbonyl (C=O) groups is 1. The van der Waals surface area contributed by atoms with Crippen molar-refractivity contribution in [2.75, 3.05) is 0 Å². The first-order valence-electron chi connectivity index (χ1n) is 6.54. The Hall–Kier alpha value is -0.490. The third-order valence-corrected chi connectivity index (χ3v) is 5.67. The maximum absolute atomic E-state index is 12.3. The topological polar surface area (TPSA) is 63.2 Å². The van der Waals surface area contributed by atoms with Crippen molar-refractivity contribution in [1.29, 1.82) is 0 Å². The van der Waals surface area contributed by atoms with Gasteiger partial charge >= 0.3 is 0 Å². The summed E-state index contributed by atoms with van der Waals surface area (Å²) in [6.45, 7) is 0. The molecule has 1 fully saturated rings. The second kappa shape index (κ2) is 6.73. The second-order valence-electron chi connectivity index (χ2n) is 4.98. The Bertz CT molecular complexity index is 655. The summed E-state index contributed by atoms with van der Waals surface area (Å²) in [5.41, 5.74) is -0.0503. The Balaban J connectivity index is 2.32. The van der Waals surface area contributed by atoms with Crippen LogP contribution in [-0.2, 0) is 9.05 Å². The van der Waals surface area contributed by atoms with Crippen molar-refractivity contribution in [2.24, 2.45) is 0 Å². The van der Waals surface area contributed by atoms with E-state index in [0.29, 0.717) is 0 Å². The van der Waals surface area contributed by atoms with Gasteiger partial charge < -0.3 is 5.32 Å². The minimum atomic E-state index is -4.04. The van der Waals surface area contributed by atoms with Crippen LogP contribution < -0.4 is 5.32 Å². The molecule has 1 saturated carbocycles. The molecule has 2 rings (SSSR count). The smallest absolute Gasteiger partial charge is 0.262 e. The monoisotopic (exact) mass is 369 g/mol. The minimum Gasteiger partial charge on any atom is -0.349 e. The molecule has 1 aliphatic carbocycles. The first-order chi connectivity index (χ1) is 9.80. The van der Waals surface area contributed by atoms with E-state index in [-0.39, 0.29) is 26.5 Å². The zero-order chi connectivity index (χ0) is 15.6. The van der Waals surface area contributed by atoms with E-state index in [1.807, 2.05) is 0 Å². The van der Waals surface area contributed by atoms with E-state index in [9.17, 15) is 13.2 Å². The van der Waals surface area contributed by atoms with Crippen LogP contribution in [0.5, 0.6) is 0 Å². The van der Waals surface area contributed by atoms with Crippen LogP contribution in [0.15, 0.2) is 17.0 Å². The molecule has 0 saturated heterocycles. The van der Waals surface area contributed by atoms with E-state index in [0.717, 1.165) is 32.1 Å². The zero-order valence-electron chi connectivity index (χ0n) is 11.0. The number of hydrogen-bond acceptors (Lipinski definition) is 3. The van der Waals surface area contributed by atoms with E-state index in [4.69, 9.17) is 33.9 Å². The van der Waals surface area contributed by atoms with Gasteiger partial charge in [0.15, 0.2) is 0 Å². The molecular weight excluding hydrogens is 357 g/mol. The Morgan fingerprint density at radius 2 is 1.76 bits per heavy atom. The van der Waals surface area contributed by atoms with E-state index in [1.165, 1.54) is 12.1 Å². The highest BCUT2D eigenvalue weighted by molar-refractivity contribution is 8.13. The molecule has 21 heavy (non-hydrogen) atoms. The van der Waals surface area contributed by atoms with E-state index in [1.54, 1.807) is 0 Å². The maximum Gasteiger partial charge on any atom is 0.262 e. The molecule has 0 radical (unpaired) electrons. The lowest BCUT2D eigenvalue weighted by Gasteiger charge is -2.23. The van der Waals surface area contributed by atoms with Crippen LogP contribution in [-0.4, -0.2) is 20.4 Å². The van der Waals surface area contributed by atoms with Crippen molar-refractivity contribution < 1.29 is 13.2 Å². The number of halogens is 3. The lowest BCUT2D eigenvalue weighted by atomic mass is 9.95. The minimum absolute atomic E-state index is 0.0503. The van der Waals surface area contributed by atoms with Crippen molar-refractivity contribution in [3.05, 3.63) is 27.7 Å². The van der Waals surface area contributed by atoms with Gasteiger partial charge in [-0.15, -0.1) is 0 Å². The molecule has 116 valence electrons. The van der Waals surface area contributed by atoms with Crippen LogP contribution in [0, 0.1) is 0 Å². The average Bonchev–Trinajstić information content (AvgIpc) is 2.38. The SMILES string of the molecule is O=C(NC1CCCCC1)c1c(Cl)ccc(S(=O)(=O)Cl)c1Cl. The molecule has 0 atom stereocenters. The van der Waals surface area contributed by atoms with Crippen molar-refractivity contribution in [2.45, 2.75) is 43.0 Å². The fourth-order valence-electron chi connectivity index (χ4n) is 2.43. The summed E-state index contributed by atoms with van der Waals surface area (Å²) in [6.07, 6.45) is 5.07. The molecule has 1 aromatic rings. The van der Waals surface area contributed by atoms with Crippen molar-refractivity contribution >= 4 is 48.8 Å². The van der Waals surface area contributed by atoms with Gasteiger partial charge in [-0.25, -0.2) is 8.42 Å². The number of benzene rings is 1. The molecule has 4 nitrogen and oxygen atoms in total. The van der Waals surface area contributed by atoms with Crippen LogP contribution in [0.4, 0.5) is 0 Å². The van der Waals surface area contributed by atoms with Crippen molar-refractivity contribution in [3.63, 3.8) is 0 Å². The van der Waals surface area contributed by atoms with Crippen LogP contribution in [0.3, 0.4) is 0 Å². The molecule has 0 aromatic heterocycles. The molecule has 0 spiro atoms. The fraction of sp³-hybridized carbons (Fsp3) is 0.462. The lowest BCUT2D eigenvalue weighted by Crippen LogP contribution is -2.36. The normalized spacial score (nSPS) is 16.7. The molecule has 0 bridgehead atoms. The maximum atomic E-state index is 12.3. The molecule has 0 heterocycles. The Kier molecular flexibility index (Phi) is 5.41. The highest BCUT2D eigenvalue weighted by Crippen LogP contribution is 2.33. The molecule has 1 N–H and O–H groups in total. The fourth-order valence-corrected chi connectivity index (χ4v) is 4.33. The summed E-state index contributed by atoms with van der Waals surface area (Å²) in [4.78, 5) is 12.0. The standard InChI is InChI=1S/C13H14Cl3NO3S/c14-9-6-7-10(21(16,19)20)12(15)11(9)13(18)17-8-4-2-1-3-5-8/h6-8H,1-5H2,(H,17,18). The molecule has 0 aliphatic heterocycles. The Morgan fingerprint density at radius 1 is 1.14 bits per heavy atom. The van der Waals surface area contributed by atoms with Gasteiger partial charge in [0.05, 0.1) is 15.6 Å². The first-order valence-corrected chi connectivity index (χ1v) is 9.60. The van der Waals surface area contributed by atoms with Gasteiger partial charge in [-0.05, 0) is 25.0 Å². The third-order valence-electron chi connectivity index (χ3n) is 3.49. The summed E-state index contributed by atoms with van der Waals surface area (Å²) < 4.78 is 22.9. The predicted molar refractivity (Wildman–Crippen MR) is 83.8 cm³/mol. The van der Waals surface area contributed by atoms with Gasteiger partial charge in [0.2, 0.25) is 0 Å². The van der Waals surface area contributed by atoms with E-state index < -0.39 is 15.0 Å². The molecule has 1 amide bonds. The zero-order valence-corrected chi connectivity index (χ0v) is 14.1. The van der Waals surface area contributed by atoms with Crippen LogP contribution >= 0.6 is 33.9 Å². The molecule has 1 aliphatic rings. The highest BCUT2D eigenvalue weighted by Gasteiger charge is 2.25. The van der Waals surface area contributed by atoms with Gasteiger partial charge in [-0.1, -0.05) is 42.5 Å². The summed E-state index contributed by atoms with van der Waals surface area (Å²) in [6, 6.07) is 2.55. The Morgan fingerprint density at radius 3 is 2.33 bits per heavy atom. The number of carbonyl (C=O) groups excluding carboxylic acids is 1. The first kappa shape index (κ1) is 16.9. The molecule has 0 unspecified atom stereocenters. The van der Waals surface area contributed by atoms with Crippen LogP contribution in [0.1, 0.15) is 42.5 Å². The lowest BCUT2D eigenvalue weighted by molar-refractivity contribution is 0.0928. The number of nitrogens with one attached hydrogen (secondary N) is 1. The van der Waals surface area contributed by atoms with Gasteiger partial charge in [0.25, 0.3) is 15.0 Å². The van der Waals surface area contributed by atoms with Crippen LogP contribution in [0.25, 0.3) is 0 Å². The molecule has 8 heteroatoms. The molecular formula is C13H14Cl3NO3S. The third kappa shape index (κ3) is 4.03. The summed E-state index contributed by atoms with van der Waals surface area (Å²) >= 11 is 12.0. The quantitative estimate of drug-likeness (QED) is 0.818. The van der Waals surface area contributed by atoms with Gasteiger partial charge in [0, 0.05) is 16.7 Å². The van der Waals surface area contributed by atoms with E-state index in [2.05, 4.69) is 5.32 Å². The highest BCUT2D eigenvalue weighted by atomic mass is 35.7. The molecule has 1 aromatic carbocycles. The summed E-state index contributed by atoms with van der Waals surface area (Å²) in [7, 11) is 1.26. The number of rotatable bonds is 3. The number of hydrogen-bond donors (Lipinski definition) is 1. The predicted octanol–water partition coefficient (Wildman–Crippen LogP) is 3.98. The van der Waals surface area contributed by atoms with Crippen molar-refractivity contribution in [1.82, 2.24) is 5.32 Å². The Labute approximate surface area is 138 Å².